The van der Waals surface area contributed by atoms with Crippen molar-refractivity contribution in [3.05, 3.63) is 71.3 Å². The first-order valence-corrected chi connectivity index (χ1v) is 11.0. The topological polar surface area (TPSA) is 140 Å². The van der Waals surface area contributed by atoms with E-state index in [0.717, 1.165) is 22.3 Å². The quantitative estimate of drug-likeness (QED) is 0.529. The van der Waals surface area contributed by atoms with Crippen LogP contribution in [0.15, 0.2) is 48.9 Å². The number of benzene rings is 1. The van der Waals surface area contributed by atoms with Crippen LogP contribution >= 0.6 is 0 Å². The lowest BCUT2D eigenvalue weighted by molar-refractivity contribution is -0.136. The molecule has 0 spiro atoms. The van der Waals surface area contributed by atoms with Crippen LogP contribution in [0.5, 0.6) is 0 Å². The van der Waals surface area contributed by atoms with E-state index < -0.39 is 17.9 Å². The lowest BCUT2D eigenvalue weighted by Crippen LogP contribution is -2.52. The first kappa shape index (κ1) is 21.5. The van der Waals surface area contributed by atoms with Gasteiger partial charge in [0, 0.05) is 43.0 Å². The molecule has 10 heteroatoms. The van der Waals surface area contributed by atoms with Crippen molar-refractivity contribution in [3.8, 4) is 11.1 Å². The molecule has 1 aromatic carbocycles. The fraction of sp³-hybridized carbons (Fsp3) is 0.250. The molecular formula is C24H22N6O4. The lowest BCUT2D eigenvalue weighted by atomic mass is 9.99. The number of piperidine rings is 1. The molecule has 0 radical (unpaired) electrons. The predicted molar refractivity (Wildman–Crippen MR) is 120 cm³/mol. The van der Waals surface area contributed by atoms with Crippen LogP contribution in [0.2, 0.25) is 0 Å². The Morgan fingerprint density at radius 2 is 1.97 bits per heavy atom. The second-order valence-electron chi connectivity index (χ2n) is 8.35. The van der Waals surface area contributed by atoms with Crippen molar-refractivity contribution in [1.82, 2.24) is 25.0 Å². The van der Waals surface area contributed by atoms with Gasteiger partial charge in [0.2, 0.25) is 11.8 Å². The van der Waals surface area contributed by atoms with Gasteiger partial charge in [-0.1, -0.05) is 18.2 Å². The van der Waals surface area contributed by atoms with Crippen LogP contribution in [-0.2, 0) is 29.1 Å². The van der Waals surface area contributed by atoms with E-state index in [1.807, 2.05) is 24.4 Å². The molecular weight excluding hydrogens is 436 g/mol. The number of pyridine rings is 1. The monoisotopic (exact) mass is 458 g/mol. The average molecular weight is 458 g/mol. The SMILES string of the molecule is NC(=O)c1ncccc1CCn1cc(-c2cccc3c2CN(C2CCC(=O)NC2=O)C3=O)cn1. The van der Waals surface area contributed by atoms with Crippen molar-refractivity contribution in [2.24, 2.45) is 5.73 Å². The van der Waals surface area contributed by atoms with Crippen LogP contribution in [0.4, 0.5) is 0 Å². The minimum absolute atomic E-state index is 0.213. The third-order valence-electron chi connectivity index (χ3n) is 6.26. The minimum atomic E-state index is -0.660. The molecule has 2 aromatic heterocycles. The zero-order valence-corrected chi connectivity index (χ0v) is 18.2. The molecule has 1 unspecified atom stereocenters. The molecule has 4 amide bonds. The smallest absolute Gasteiger partial charge is 0.267 e. The Morgan fingerprint density at radius 3 is 2.76 bits per heavy atom. The number of carbonyl (C=O) groups is 4. The Bertz CT molecular complexity index is 1330. The summed E-state index contributed by atoms with van der Waals surface area (Å²) in [5.41, 5.74) is 9.51. The van der Waals surface area contributed by atoms with Crippen LogP contribution in [0, 0.1) is 0 Å². The Balaban J connectivity index is 1.36. The van der Waals surface area contributed by atoms with E-state index in [2.05, 4.69) is 15.4 Å². The van der Waals surface area contributed by atoms with E-state index in [1.54, 1.807) is 23.0 Å². The van der Waals surface area contributed by atoms with Gasteiger partial charge in [-0.2, -0.15) is 5.10 Å². The van der Waals surface area contributed by atoms with Gasteiger partial charge in [-0.25, -0.2) is 0 Å². The summed E-state index contributed by atoms with van der Waals surface area (Å²) >= 11 is 0. The first-order chi connectivity index (χ1) is 16.4. The van der Waals surface area contributed by atoms with E-state index in [1.165, 1.54) is 11.1 Å². The van der Waals surface area contributed by atoms with Gasteiger partial charge in [0.05, 0.1) is 6.20 Å². The summed E-state index contributed by atoms with van der Waals surface area (Å²) < 4.78 is 1.77. The molecule has 0 saturated carbocycles. The highest BCUT2D eigenvalue weighted by Crippen LogP contribution is 2.34. The standard InChI is InChI=1S/C24H22N6O4/c25-22(32)21-14(3-2-9-26-21)8-10-29-12-15(11-27-29)16-4-1-5-17-18(16)13-30(24(17)34)19-6-7-20(31)28-23(19)33/h1-5,9,11-12,19H,6-8,10,13H2,(H2,25,32)(H,28,31,33). The average Bonchev–Trinajstić information content (AvgIpc) is 3.43. The first-order valence-electron chi connectivity index (χ1n) is 11.0. The van der Waals surface area contributed by atoms with Gasteiger partial charge in [0.25, 0.3) is 11.8 Å². The number of imide groups is 1. The fourth-order valence-electron chi connectivity index (χ4n) is 4.58. The molecule has 34 heavy (non-hydrogen) atoms. The van der Waals surface area contributed by atoms with Gasteiger partial charge in [-0.3, -0.25) is 34.2 Å². The lowest BCUT2D eigenvalue weighted by Gasteiger charge is -2.29. The summed E-state index contributed by atoms with van der Waals surface area (Å²) in [4.78, 5) is 54.1. The van der Waals surface area contributed by atoms with E-state index >= 15 is 0 Å². The van der Waals surface area contributed by atoms with Crippen LogP contribution in [0.3, 0.4) is 0 Å². The molecule has 2 aliphatic rings. The Kier molecular flexibility index (Phi) is 5.40. The fourth-order valence-corrected chi connectivity index (χ4v) is 4.58. The zero-order valence-electron chi connectivity index (χ0n) is 18.2. The van der Waals surface area contributed by atoms with Gasteiger partial charge in [-0.05, 0) is 41.7 Å². The Labute approximate surface area is 194 Å². The molecule has 3 aromatic rings. The van der Waals surface area contributed by atoms with Crippen molar-refractivity contribution in [2.45, 2.75) is 38.4 Å². The highest BCUT2D eigenvalue weighted by atomic mass is 16.2. The highest BCUT2D eigenvalue weighted by Gasteiger charge is 2.39. The molecule has 1 saturated heterocycles. The summed E-state index contributed by atoms with van der Waals surface area (Å²) in [6, 6.07) is 8.41. The number of nitrogens with one attached hydrogen (secondary N) is 1. The maximum atomic E-state index is 13.1. The third kappa shape index (κ3) is 3.83. The molecule has 1 atom stereocenters. The van der Waals surface area contributed by atoms with Crippen LogP contribution in [0.1, 0.15) is 44.8 Å². The molecule has 1 fully saturated rings. The molecule has 0 bridgehead atoms. The Hall–Kier alpha value is -4.34. The van der Waals surface area contributed by atoms with Crippen LogP contribution < -0.4 is 11.1 Å². The molecule has 2 aliphatic heterocycles. The number of primary amides is 1. The zero-order chi connectivity index (χ0) is 23.8. The number of hydrogen-bond acceptors (Lipinski definition) is 6. The summed E-state index contributed by atoms with van der Waals surface area (Å²) in [6.07, 6.45) is 6.21. The Morgan fingerprint density at radius 1 is 1.15 bits per heavy atom. The number of nitrogens with two attached hydrogens (primary N) is 1. The van der Waals surface area contributed by atoms with Gasteiger partial charge < -0.3 is 10.6 Å². The van der Waals surface area contributed by atoms with Crippen molar-refractivity contribution in [2.75, 3.05) is 0 Å². The number of aryl methyl sites for hydroxylation is 2. The highest BCUT2D eigenvalue weighted by molar-refractivity contribution is 6.06. The molecule has 0 aliphatic carbocycles. The van der Waals surface area contributed by atoms with E-state index in [0.29, 0.717) is 31.5 Å². The van der Waals surface area contributed by atoms with Crippen molar-refractivity contribution < 1.29 is 19.2 Å². The van der Waals surface area contributed by atoms with Crippen molar-refractivity contribution >= 4 is 23.6 Å². The molecule has 5 rings (SSSR count). The second kappa shape index (κ2) is 8.54. The number of rotatable bonds is 6. The summed E-state index contributed by atoms with van der Waals surface area (Å²) in [6.45, 7) is 0.807. The number of aromatic nitrogens is 3. The van der Waals surface area contributed by atoms with Crippen LogP contribution in [-0.4, -0.2) is 49.3 Å². The molecule has 172 valence electrons. The molecule has 3 N–H and O–H groups in total. The van der Waals surface area contributed by atoms with E-state index in [9.17, 15) is 19.2 Å². The third-order valence-corrected chi connectivity index (χ3v) is 6.26. The van der Waals surface area contributed by atoms with Gasteiger partial charge in [0.1, 0.15) is 11.7 Å². The minimum Gasteiger partial charge on any atom is -0.364 e. The summed E-state index contributed by atoms with van der Waals surface area (Å²) in [7, 11) is 0. The number of nitrogens with zero attached hydrogens (tertiary/aromatic N) is 4. The van der Waals surface area contributed by atoms with Crippen molar-refractivity contribution in [1.29, 1.82) is 0 Å². The largest absolute Gasteiger partial charge is 0.364 e. The van der Waals surface area contributed by atoms with E-state index in [4.69, 9.17) is 5.73 Å². The van der Waals surface area contributed by atoms with Gasteiger partial charge >= 0.3 is 0 Å². The normalized spacial score (nSPS) is 17.6. The summed E-state index contributed by atoms with van der Waals surface area (Å²) in [5.74, 6) is -1.53. The molecule has 4 heterocycles. The molecule has 10 nitrogen and oxygen atoms in total. The van der Waals surface area contributed by atoms with Crippen molar-refractivity contribution in [3.63, 3.8) is 0 Å². The number of amides is 4. The maximum absolute atomic E-state index is 13.1. The number of hydrogen-bond donors (Lipinski definition) is 2. The predicted octanol–water partition coefficient (Wildman–Crippen LogP) is 1.05. The second-order valence-corrected chi connectivity index (χ2v) is 8.35. The number of fused-ring (bicyclic) bond motifs is 1. The van der Waals surface area contributed by atoms with E-state index in [-0.39, 0.29) is 23.9 Å². The maximum Gasteiger partial charge on any atom is 0.267 e. The summed E-state index contributed by atoms with van der Waals surface area (Å²) in [5, 5.41) is 6.76. The van der Waals surface area contributed by atoms with Crippen LogP contribution in [0.25, 0.3) is 11.1 Å². The van der Waals surface area contributed by atoms with Gasteiger partial charge in [-0.15, -0.1) is 0 Å². The number of carbonyl (C=O) groups excluding carboxylic acids is 4. The van der Waals surface area contributed by atoms with Gasteiger partial charge in [0.15, 0.2) is 0 Å².